The molecule has 1 aromatic heterocycles. The number of ether oxygens (including phenoxy) is 1. The van der Waals surface area contributed by atoms with E-state index in [1.54, 1.807) is 6.92 Å². The zero-order valence-electron chi connectivity index (χ0n) is 12.1. The summed E-state index contributed by atoms with van der Waals surface area (Å²) in [5, 5.41) is 15.3. The van der Waals surface area contributed by atoms with E-state index in [9.17, 15) is 9.59 Å². The third-order valence-corrected chi connectivity index (χ3v) is 2.85. The summed E-state index contributed by atoms with van der Waals surface area (Å²) in [6.45, 7) is 5.64. The van der Waals surface area contributed by atoms with Crippen LogP contribution in [-0.4, -0.2) is 41.9 Å². The van der Waals surface area contributed by atoms with Crippen LogP contribution in [0.4, 0.5) is 0 Å². The SMILES string of the molecule is COCCC(NC(=O)c1c(C)noc1C(C)C)C(=O)O. The number of carbonyl (C=O) groups excluding carboxylic acids is 1. The van der Waals surface area contributed by atoms with Crippen molar-refractivity contribution in [3.63, 3.8) is 0 Å². The van der Waals surface area contributed by atoms with Crippen molar-refractivity contribution in [2.75, 3.05) is 13.7 Å². The van der Waals surface area contributed by atoms with Crippen LogP contribution in [-0.2, 0) is 9.53 Å². The van der Waals surface area contributed by atoms with Gasteiger partial charge in [-0.3, -0.25) is 4.79 Å². The molecule has 1 atom stereocenters. The van der Waals surface area contributed by atoms with Gasteiger partial charge in [-0.1, -0.05) is 19.0 Å². The second-order valence-electron chi connectivity index (χ2n) is 4.81. The van der Waals surface area contributed by atoms with Crippen LogP contribution in [0.25, 0.3) is 0 Å². The Morgan fingerprint density at radius 2 is 2.10 bits per heavy atom. The highest BCUT2D eigenvalue weighted by molar-refractivity contribution is 5.98. The van der Waals surface area contributed by atoms with Gasteiger partial charge in [-0.25, -0.2) is 4.79 Å². The van der Waals surface area contributed by atoms with Gasteiger partial charge in [0.2, 0.25) is 0 Å². The zero-order chi connectivity index (χ0) is 15.3. The molecular weight excluding hydrogens is 264 g/mol. The van der Waals surface area contributed by atoms with Crippen molar-refractivity contribution in [3.05, 3.63) is 17.0 Å². The van der Waals surface area contributed by atoms with Gasteiger partial charge in [-0.2, -0.15) is 0 Å². The zero-order valence-corrected chi connectivity index (χ0v) is 12.1. The van der Waals surface area contributed by atoms with E-state index in [2.05, 4.69) is 10.5 Å². The molecule has 7 heteroatoms. The van der Waals surface area contributed by atoms with E-state index in [0.717, 1.165) is 0 Å². The first-order valence-corrected chi connectivity index (χ1v) is 6.37. The maximum atomic E-state index is 12.2. The largest absolute Gasteiger partial charge is 0.480 e. The van der Waals surface area contributed by atoms with Crippen molar-refractivity contribution in [2.45, 2.75) is 39.2 Å². The van der Waals surface area contributed by atoms with Gasteiger partial charge in [0.1, 0.15) is 11.6 Å². The minimum Gasteiger partial charge on any atom is -0.480 e. The molecule has 0 fully saturated rings. The van der Waals surface area contributed by atoms with E-state index in [1.165, 1.54) is 7.11 Å². The van der Waals surface area contributed by atoms with Crippen molar-refractivity contribution in [1.82, 2.24) is 10.5 Å². The van der Waals surface area contributed by atoms with Crippen LogP contribution < -0.4 is 5.32 Å². The summed E-state index contributed by atoms with van der Waals surface area (Å²) in [5.41, 5.74) is 0.755. The summed E-state index contributed by atoms with van der Waals surface area (Å²) in [5.74, 6) is -1.15. The number of carbonyl (C=O) groups is 2. The highest BCUT2D eigenvalue weighted by Crippen LogP contribution is 2.22. The number of hydrogen-bond acceptors (Lipinski definition) is 5. The number of nitrogens with zero attached hydrogens (tertiary/aromatic N) is 1. The predicted molar refractivity (Wildman–Crippen MR) is 70.7 cm³/mol. The summed E-state index contributed by atoms with van der Waals surface area (Å²) in [7, 11) is 1.47. The van der Waals surface area contributed by atoms with E-state index in [-0.39, 0.29) is 18.9 Å². The molecule has 20 heavy (non-hydrogen) atoms. The smallest absolute Gasteiger partial charge is 0.326 e. The molecular formula is C13H20N2O5. The lowest BCUT2D eigenvalue weighted by atomic mass is 10.0. The van der Waals surface area contributed by atoms with Crippen LogP contribution >= 0.6 is 0 Å². The quantitative estimate of drug-likeness (QED) is 0.783. The fourth-order valence-electron chi connectivity index (χ4n) is 1.78. The Morgan fingerprint density at radius 1 is 1.45 bits per heavy atom. The predicted octanol–water partition coefficient (Wildman–Crippen LogP) is 1.33. The number of hydrogen-bond donors (Lipinski definition) is 2. The molecule has 0 spiro atoms. The van der Waals surface area contributed by atoms with Crippen molar-refractivity contribution >= 4 is 11.9 Å². The molecule has 1 unspecified atom stereocenters. The number of amides is 1. The second-order valence-corrected chi connectivity index (χ2v) is 4.81. The number of aryl methyl sites for hydroxylation is 1. The Balaban J connectivity index is 2.89. The van der Waals surface area contributed by atoms with Gasteiger partial charge in [0.25, 0.3) is 5.91 Å². The van der Waals surface area contributed by atoms with Crippen LogP contribution in [0, 0.1) is 6.92 Å². The molecule has 0 aliphatic carbocycles. The Labute approximate surface area is 117 Å². The first-order chi connectivity index (χ1) is 9.38. The van der Waals surface area contributed by atoms with E-state index >= 15 is 0 Å². The minimum absolute atomic E-state index is 0.0146. The molecule has 1 aromatic rings. The lowest BCUT2D eigenvalue weighted by molar-refractivity contribution is -0.139. The van der Waals surface area contributed by atoms with E-state index in [1.807, 2.05) is 13.8 Å². The topological polar surface area (TPSA) is 102 Å². The number of carboxylic acid groups (broad SMARTS) is 1. The Hall–Kier alpha value is -1.89. The monoisotopic (exact) mass is 284 g/mol. The highest BCUT2D eigenvalue weighted by atomic mass is 16.5. The second kappa shape index (κ2) is 7.04. The molecule has 0 aliphatic rings. The van der Waals surface area contributed by atoms with Crippen LogP contribution in [0.1, 0.15) is 48.0 Å². The first kappa shape index (κ1) is 16.2. The van der Waals surface area contributed by atoms with Crippen LogP contribution in [0.5, 0.6) is 0 Å². The summed E-state index contributed by atoms with van der Waals surface area (Å²) < 4.78 is 9.95. The van der Waals surface area contributed by atoms with Crippen molar-refractivity contribution < 1.29 is 24.0 Å². The van der Waals surface area contributed by atoms with Gasteiger partial charge in [0.05, 0.1) is 5.69 Å². The third-order valence-electron chi connectivity index (χ3n) is 2.85. The van der Waals surface area contributed by atoms with Crippen molar-refractivity contribution in [1.29, 1.82) is 0 Å². The summed E-state index contributed by atoms with van der Waals surface area (Å²) in [4.78, 5) is 23.3. The van der Waals surface area contributed by atoms with Gasteiger partial charge in [-0.05, 0) is 6.92 Å². The van der Waals surface area contributed by atoms with Crippen LogP contribution in [0.3, 0.4) is 0 Å². The molecule has 1 rings (SSSR count). The molecule has 0 saturated heterocycles. The Kier molecular flexibility index (Phi) is 5.69. The molecule has 0 radical (unpaired) electrons. The molecule has 0 aliphatic heterocycles. The molecule has 7 nitrogen and oxygen atoms in total. The average molecular weight is 284 g/mol. The fraction of sp³-hybridized carbons (Fsp3) is 0.615. The maximum absolute atomic E-state index is 12.2. The van der Waals surface area contributed by atoms with Crippen molar-refractivity contribution in [3.8, 4) is 0 Å². The number of nitrogens with one attached hydrogen (secondary N) is 1. The van der Waals surface area contributed by atoms with Gasteiger partial charge in [-0.15, -0.1) is 0 Å². The highest BCUT2D eigenvalue weighted by Gasteiger charge is 2.26. The van der Waals surface area contributed by atoms with Gasteiger partial charge >= 0.3 is 5.97 Å². The fourth-order valence-corrected chi connectivity index (χ4v) is 1.78. The van der Waals surface area contributed by atoms with Gasteiger partial charge in [0, 0.05) is 26.1 Å². The van der Waals surface area contributed by atoms with E-state index in [0.29, 0.717) is 17.0 Å². The normalized spacial score (nSPS) is 12.4. The standard InChI is InChI=1S/C13H20N2O5/c1-7(2)11-10(8(3)15-20-11)12(16)14-9(13(17)18)5-6-19-4/h7,9H,5-6H2,1-4H3,(H,14,16)(H,17,18). The first-order valence-electron chi connectivity index (χ1n) is 6.37. The van der Waals surface area contributed by atoms with E-state index < -0.39 is 17.9 Å². The molecule has 0 bridgehead atoms. The number of rotatable bonds is 7. The van der Waals surface area contributed by atoms with E-state index in [4.69, 9.17) is 14.4 Å². The summed E-state index contributed by atoms with van der Waals surface area (Å²) in [6, 6.07) is -1.00. The van der Waals surface area contributed by atoms with Gasteiger partial charge < -0.3 is 19.7 Å². The molecule has 1 heterocycles. The molecule has 112 valence electrons. The van der Waals surface area contributed by atoms with Gasteiger partial charge in [0.15, 0.2) is 5.76 Å². The molecule has 0 aromatic carbocycles. The summed E-state index contributed by atoms with van der Waals surface area (Å²) >= 11 is 0. The lowest BCUT2D eigenvalue weighted by Gasteiger charge is -2.14. The van der Waals surface area contributed by atoms with Crippen molar-refractivity contribution in [2.24, 2.45) is 0 Å². The molecule has 0 saturated carbocycles. The maximum Gasteiger partial charge on any atom is 0.326 e. The van der Waals surface area contributed by atoms with Crippen LogP contribution in [0.2, 0.25) is 0 Å². The number of methoxy groups -OCH3 is 1. The Bertz CT molecular complexity index is 481. The third kappa shape index (κ3) is 3.80. The van der Waals surface area contributed by atoms with Crippen LogP contribution in [0.15, 0.2) is 4.52 Å². The average Bonchev–Trinajstić information content (AvgIpc) is 2.76. The minimum atomic E-state index is -1.10. The summed E-state index contributed by atoms with van der Waals surface area (Å²) in [6.07, 6.45) is 0.193. The number of carboxylic acids is 1. The molecule has 2 N–H and O–H groups in total. The number of aliphatic carboxylic acids is 1. The number of aromatic nitrogens is 1. The molecule has 1 amide bonds. The Morgan fingerprint density at radius 3 is 2.60 bits per heavy atom. The lowest BCUT2D eigenvalue weighted by Crippen LogP contribution is -2.41.